The summed E-state index contributed by atoms with van der Waals surface area (Å²) in [4.78, 5) is 73.9. The van der Waals surface area contributed by atoms with Gasteiger partial charge in [-0.15, -0.1) is 0 Å². The second kappa shape index (κ2) is 22.8. The van der Waals surface area contributed by atoms with Crippen LogP contribution < -0.4 is 16.8 Å². The molecule has 318 valence electrons. The van der Waals surface area contributed by atoms with E-state index in [1.807, 2.05) is 60.7 Å². The van der Waals surface area contributed by atoms with Crippen LogP contribution in [0, 0.1) is 0 Å². The van der Waals surface area contributed by atoms with Crippen LogP contribution in [-0.2, 0) is 36.8 Å². The average Bonchev–Trinajstić information content (AvgIpc) is 3.34. The van der Waals surface area contributed by atoms with Gasteiger partial charge in [-0.05, 0) is 91.6 Å². The molecule has 0 radical (unpaired) electrons. The molecule has 1 saturated heterocycles. The highest BCUT2D eigenvalue weighted by Gasteiger charge is 2.40. The molecular weight excluding hydrogens is 846 g/mol. The number of carbonyl (C=O) groups excluding carboxylic acids is 5. The SMILES string of the molecule is NCCCCC(NC(=O)CN(CCc1ccc(Cl)cc1Cl)C(=O)C1CC(=O)N(CCc2ccc(Cl)cc2Cl)CC(=O)N1CCC(c1ccccc1)c1ccccc1)C(N)=O. The number of amides is 5. The largest absolute Gasteiger partial charge is 0.368 e. The highest BCUT2D eigenvalue weighted by Crippen LogP contribution is 2.30. The molecule has 1 aliphatic rings. The van der Waals surface area contributed by atoms with E-state index in [4.69, 9.17) is 57.9 Å². The second-order valence-electron chi connectivity index (χ2n) is 14.8. The maximum atomic E-state index is 15.0. The first-order valence-corrected chi connectivity index (χ1v) is 21.5. The summed E-state index contributed by atoms with van der Waals surface area (Å²) < 4.78 is 0. The molecule has 0 aliphatic carbocycles. The molecule has 0 spiro atoms. The first-order valence-electron chi connectivity index (χ1n) is 20.0. The lowest BCUT2D eigenvalue weighted by Gasteiger charge is -2.34. The van der Waals surface area contributed by atoms with Crippen molar-refractivity contribution in [3.05, 3.63) is 139 Å². The number of carbonyl (C=O) groups is 5. The van der Waals surface area contributed by atoms with Crippen LogP contribution in [0.15, 0.2) is 97.1 Å². The van der Waals surface area contributed by atoms with E-state index in [0.29, 0.717) is 57.9 Å². The minimum Gasteiger partial charge on any atom is -0.368 e. The lowest BCUT2D eigenvalue weighted by atomic mass is 9.88. The van der Waals surface area contributed by atoms with E-state index in [1.165, 1.54) is 14.7 Å². The maximum Gasteiger partial charge on any atom is 0.246 e. The lowest BCUT2D eigenvalue weighted by molar-refractivity contribution is -0.147. The van der Waals surface area contributed by atoms with Gasteiger partial charge < -0.3 is 31.5 Å². The molecule has 5 N–H and O–H groups in total. The van der Waals surface area contributed by atoms with Gasteiger partial charge >= 0.3 is 0 Å². The zero-order valence-corrected chi connectivity index (χ0v) is 36.2. The van der Waals surface area contributed by atoms with Gasteiger partial charge in [-0.1, -0.05) is 119 Å². The van der Waals surface area contributed by atoms with Gasteiger partial charge in [-0.25, -0.2) is 0 Å². The number of hydrogen-bond donors (Lipinski definition) is 3. The van der Waals surface area contributed by atoms with E-state index in [-0.39, 0.29) is 51.4 Å². The number of nitrogens with one attached hydrogen (secondary N) is 1. The van der Waals surface area contributed by atoms with Gasteiger partial charge in [-0.3, -0.25) is 24.0 Å². The van der Waals surface area contributed by atoms with Crippen molar-refractivity contribution in [2.24, 2.45) is 11.5 Å². The smallest absolute Gasteiger partial charge is 0.246 e. The van der Waals surface area contributed by atoms with Crippen LogP contribution in [-0.4, -0.2) is 95.6 Å². The minimum atomic E-state index is -1.26. The Bertz CT molecular complexity index is 2070. The Morgan fingerprint density at radius 2 is 1.33 bits per heavy atom. The Labute approximate surface area is 371 Å². The normalized spacial score (nSPS) is 14.9. The number of rotatable bonds is 20. The summed E-state index contributed by atoms with van der Waals surface area (Å²) in [5.74, 6) is -2.92. The Morgan fingerprint density at radius 1 is 0.750 bits per heavy atom. The fourth-order valence-electron chi connectivity index (χ4n) is 7.42. The van der Waals surface area contributed by atoms with Crippen molar-refractivity contribution in [1.29, 1.82) is 0 Å². The summed E-state index contributed by atoms with van der Waals surface area (Å²) in [5, 5.41) is 4.39. The molecule has 0 aromatic heterocycles. The lowest BCUT2D eigenvalue weighted by Crippen LogP contribution is -2.55. The van der Waals surface area contributed by atoms with Crippen molar-refractivity contribution in [2.75, 3.05) is 39.3 Å². The molecule has 5 amide bonds. The summed E-state index contributed by atoms with van der Waals surface area (Å²) in [6, 6.07) is 27.6. The fraction of sp³-hybridized carbons (Fsp3) is 0.356. The minimum absolute atomic E-state index is 0.00975. The Morgan fingerprint density at radius 3 is 1.88 bits per heavy atom. The summed E-state index contributed by atoms with van der Waals surface area (Å²) in [6.45, 7) is -0.0524. The number of halogens is 4. The number of unbranched alkanes of at least 4 members (excludes halogenated alkanes) is 1. The highest BCUT2D eigenvalue weighted by molar-refractivity contribution is 6.35. The van der Waals surface area contributed by atoms with Crippen molar-refractivity contribution in [1.82, 2.24) is 20.0 Å². The van der Waals surface area contributed by atoms with Crippen molar-refractivity contribution in [3.63, 3.8) is 0 Å². The maximum absolute atomic E-state index is 15.0. The number of benzene rings is 4. The van der Waals surface area contributed by atoms with Crippen molar-refractivity contribution in [2.45, 2.75) is 62.9 Å². The molecule has 1 aliphatic heterocycles. The third kappa shape index (κ3) is 13.2. The van der Waals surface area contributed by atoms with E-state index in [9.17, 15) is 19.2 Å². The molecule has 5 rings (SSSR count). The van der Waals surface area contributed by atoms with Gasteiger partial charge in [-0.2, -0.15) is 0 Å². The standard InChI is InChI=1S/C45H50Cl4N6O5/c46-34-16-14-32(37(48)25-34)18-22-53-29-43(58)55(24-20-36(30-9-3-1-4-10-30)31-11-5-2-6-12-31)40(27-42(53)57)45(60)54(23-19-33-15-17-35(47)26-38(33)49)28-41(56)52-39(44(51)59)13-7-8-21-50/h1-6,9-12,14-17,25-26,36,39-40H,7-8,13,18-24,27-29,50H2,(H2,51,59)(H,52,56). The molecule has 60 heavy (non-hydrogen) atoms. The Kier molecular flexibility index (Phi) is 17.6. The van der Waals surface area contributed by atoms with Gasteiger partial charge in [0.2, 0.25) is 29.5 Å². The van der Waals surface area contributed by atoms with Crippen molar-refractivity contribution < 1.29 is 24.0 Å². The van der Waals surface area contributed by atoms with Crippen LogP contribution in [0.25, 0.3) is 0 Å². The van der Waals surface area contributed by atoms with Crippen LogP contribution >= 0.6 is 46.4 Å². The average molecular weight is 897 g/mol. The third-order valence-corrected chi connectivity index (χ3v) is 11.9. The molecule has 1 heterocycles. The predicted octanol–water partition coefficient (Wildman–Crippen LogP) is 6.66. The molecule has 2 unspecified atom stereocenters. The molecule has 0 bridgehead atoms. The fourth-order valence-corrected chi connectivity index (χ4v) is 8.43. The number of nitrogens with two attached hydrogens (primary N) is 2. The van der Waals surface area contributed by atoms with Crippen LogP contribution in [0.5, 0.6) is 0 Å². The number of primary amides is 1. The van der Waals surface area contributed by atoms with Crippen LogP contribution in [0.2, 0.25) is 20.1 Å². The zero-order valence-electron chi connectivity index (χ0n) is 33.2. The number of nitrogens with zero attached hydrogens (tertiary/aromatic N) is 3. The van der Waals surface area contributed by atoms with Crippen molar-refractivity contribution >= 4 is 75.9 Å². The number of hydrogen-bond acceptors (Lipinski definition) is 6. The van der Waals surface area contributed by atoms with E-state index < -0.39 is 48.2 Å². The topological polar surface area (TPSA) is 159 Å². The summed E-state index contributed by atoms with van der Waals surface area (Å²) in [5.41, 5.74) is 14.8. The van der Waals surface area contributed by atoms with Crippen LogP contribution in [0.3, 0.4) is 0 Å². The van der Waals surface area contributed by atoms with E-state index in [0.717, 1.165) is 16.7 Å². The van der Waals surface area contributed by atoms with Gasteiger partial charge in [0.1, 0.15) is 12.1 Å². The van der Waals surface area contributed by atoms with Gasteiger partial charge in [0.25, 0.3) is 0 Å². The molecule has 0 saturated carbocycles. The summed E-state index contributed by atoms with van der Waals surface area (Å²) >= 11 is 25.3. The predicted molar refractivity (Wildman–Crippen MR) is 237 cm³/mol. The van der Waals surface area contributed by atoms with Crippen LogP contribution in [0.4, 0.5) is 0 Å². The van der Waals surface area contributed by atoms with Gasteiger partial charge in [0, 0.05) is 45.6 Å². The summed E-state index contributed by atoms with van der Waals surface area (Å²) in [7, 11) is 0. The zero-order chi connectivity index (χ0) is 43.2. The van der Waals surface area contributed by atoms with Crippen molar-refractivity contribution in [3.8, 4) is 0 Å². The molecule has 2 atom stereocenters. The second-order valence-corrected chi connectivity index (χ2v) is 16.5. The molecule has 4 aromatic carbocycles. The molecule has 15 heteroatoms. The van der Waals surface area contributed by atoms with E-state index in [1.54, 1.807) is 36.4 Å². The summed E-state index contributed by atoms with van der Waals surface area (Å²) in [6.07, 6.45) is 2.12. The first-order chi connectivity index (χ1) is 28.8. The third-order valence-electron chi connectivity index (χ3n) is 10.7. The monoisotopic (exact) mass is 894 g/mol. The van der Waals surface area contributed by atoms with E-state index >= 15 is 4.79 Å². The molecular formula is C45H50Cl4N6O5. The van der Waals surface area contributed by atoms with Gasteiger partial charge in [0.15, 0.2) is 0 Å². The molecule has 1 fully saturated rings. The molecule has 4 aromatic rings. The Balaban J connectivity index is 1.48. The quantitative estimate of drug-likeness (QED) is 0.0842. The van der Waals surface area contributed by atoms with Crippen LogP contribution in [0.1, 0.15) is 60.3 Å². The van der Waals surface area contributed by atoms with Gasteiger partial charge in [0.05, 0.1) is 19.5 Å². The van der Waals surface area contributed by atoms with E-state index in [2.05, 4.69) is 5.32 Å². The highest BCUT2D eigenvalue weighted by atomic mass is 35.5. The first kappa shape index (κ1) is 46.4. The molecule has 11 nitrogen and oxygen atoms in total. The Hall–Kier alpha value is -4.65.